The van der Waals surface area contributed by atoms with Crippen molar-refractivity contribution in [2.75, 3.05) is 10.6 Å². The highest BCUT2D eigenvalue weighted by Crippen LogP contribution is 2.31. The van der Waals surface area contributed by atoms with E-state index >= 15 is 0 Å². The predicted octanol–water partition coefficient (Wildman–Crippen LogP) is 3.25. The van der Waals surface area contributed by atoms with Crippen molar-refractivity contribution in [1.29, 1.82) is 0 Å². The number of benzene rings is 2. The molecule has 2 amide bonds. The van der Waals surface area contributed by atoms with E-state index in [2.05, 4.69) is 10.6 Å². The minimum absolute atomic E-state index is 0.123. The van der Waals surface area contributed by atoms with E-state index in [1.165, 1.54) is 6.08 Å². The van der Waals surface area contributed by atoms with Crippen LogP contribution in [0.5, 0.6) is 0 Å². The van der Waals surface area contributed by atoms with Crippen molar-refractivity contribution < 1.29 is 14.4 Å². The van der Waals surface area contributed by atoms with E-state index in [4.69, 9.17) is 0 Å². The van der Waals surface area contributed by atoms with Crippen LogP contribution in [0.2, 0.25) is 0 Å². The predicted molar refractivity (Wildman–Crippen MR) is 92.7 cm³/mol. The summed E-state index contributed by atoms with van der Waals surface area (Å²) in [5.74, 6) is -0.702. The van der Waals surface area contributed by atoms with Gasteiger partial charge in [0.2, 0.25) is 5.91 Å². The van der Waals surface area contributed by atoms with E-state index in [1.807, 2.05) is 12.1 Å². The number of carbonyl (C=O) groups excluding carboxylic acids is 3. The molecule has 5 nitrogen and oxygen atoms in total. The summed E-state index contributed by atoms with van der Waals surface area (Å²) in [4.78, 5) is 36.0. The first-order chi connectivity index (χ1) is 11.6. The molecule has 0 atom stereocenters. The van der Waals surface area contributed by atoms with Crippen LogP contribution in [0.4, 0.5) is 11.4 Å². The molecule has 2 aromatic rings. The Morgan fingerprint density at radius 3 is 2.71 bits per heavy atom. The van der Waals surface area contributed by atoms with Gasteiger partial charge >= 0.3 is 0 Å². The van der Waals surface area contributed by atoms with Gasteiger partial charge in [0.15, 0.2) is 5.78 Å². The van der Waals surface area contributed by atoms with Crippen LogP contribution < -0.4 is 10.6 Å². The lowest BCUT2D eigenvalue weighted by Gasteiger charge is -2.05. The quantitative estimate of drug-likeness (QED) is 0.671. The summed E-state index contributed by atoms with van der Waals surface area (Å²) in [6.07, 6.45) is 1.70. The standard InChI is InChI=1S/C19H16N2O3/c1-2-18(23)20-13-7-5-6-12(10-13)17(22)11-15-14-8-3-4-9-16(14)21-19(15)24/h3-11H,2H2,1H3,(H,20,23)(H,21,24)/b15-11+. The summed E-state index contributed by atoms with van der Waals surface area (Å²) in [6.45, 7) is 1.75. The Labute approximate surface area is 139 Å². The molecule has 24 heavy (non-hydrogen) atoms. The van der Waals surface area contributed by atoms with Gasteiger partial charge in [0.25, 0.3) is 5.91 Å². The van der Waals surface area contributed by atoms with Crippen molar-refractivity contribution in [2.24, 2.45) is 0 Å². The van der Waals surface area contributed by atoms with Crippen LogP contribution in [-0.4, -0.2) is 17.6 Å². The molecule has 0 saturated heterocycles. The first kappa shape index (κ1) is 15.7. The Hall–Kier alpha value is -3.21. The maximum absolute atomic E-state index is 12.5. The van der Waals surface area contributed by atoms with Gasteiger partial charge in [-0.25, -0.2) is 0 Å². The van der Waals surface area contributed by atoms with Gasteiger partial charge in [0.05, 0.1) is 5.57 Å². The van der Waals surface area contributed by atoms with Gasteiger partial charge in [-0.2, -0.15) is 0 Å². The van der Waals surface area contributed by atoms with Gasteiger partial charge in [-0.05, 0) is 24.3 Å². The highest BCUT2D eigenvalue weighted by Gasteiger charge is 2.24. The first-order valence-electron chi connectivity index (χ1n) is 7.65. The summed E-state index contributed by atoms with van der Waals surface area (Å²) >= 11 is 0. The zero-order valence-corrected chi connectivity index (χ0v) is 13.1. The molecule has 0 unspecified atom stereocenters. The maximum Gasteiger partial charge on any atom is 0.256 e. The Balaban J connectivity index is 1.89. The van der Waals surface area contributed by atoms with Crippen LogP contribution >= 0.6 is 0 Å². The highest BCUT2D eigenvalue weighted by atomic mass is 16.2. The van der Waals surface area contributed by atoms with E-state index in [9.17, 15) is 14.4 Å². The largest absolute Gasteiger partial charge is 0.326 e. The zero-order chi connectivity index (χ0) is 17.1. The molecule has 2 aromatic carbocycles. The van der Waals surface area contributed by atoms with Crippen LogP contribution in [0.1, 0.15) is 29.3 Å². The van der Waals surface area contributed by atoms with Crippen LogP contribution in [0.25, 0.3) is 5.57 Å². The van der Waals surface area contributed by atoms with E-state index in [1.54, 1.807) is 43.3 Å². The normalized spacial score (nSPS) is 14.2. The molecule has 0 saturated carbocycles. The minimum Gasteiger partial charge on any atom is -0.326 e. The van der Waals surface area contributed by atoms with Crippen molar-refractivity contribution in [1.82, 2.24) is 0 Å². The molecule has 0 bridgehead atoms. The number of allylic oxidation sites excluding steroid dienone is 1. The van der Waals surface area contributed by atoms with Crippen LogP contribution in [0.3, 0.4) is 0 Å². The average Bonchev–Trinajstić information content (AvgIpc) is 2.90. The maximum atomic E-state index is 12.5. The monoisotopic (exact) mass is 320 g/mol. The Morgan fingerprint density at radius 1 is 1.12 bits per heavy atom. The van der Waals surface area contributed by atoms with E-state index in [0.29, 0.717) is 34.5 Å². The molecule has 1 aliphatic rings. The molecule has 1 heterocycles. The second-order valence-corrected chi connectivity index (χ2v) is 5.40. The third kappa shape index (κ3) is 3.10. The Bertz CT molecular complexity index is 868. The van der Waals surface area contributed by atoms with Gasteiger partial charge in [0.1, 0.15) is 0 Å². The van der Waals surface area contributed by atoms with Gasteiger partial charge < -0.3 is 10.6 Å². The number of carbonyl (C=O) groups is 3. The number of rotatable bonds is 4. The molecule has 0 fully saturated rings. The van der Waals surface area contributed by atoms with Gasteiger partial charge in [-0.3, -0.25) is 14.4 Å². The Kier molecular flexibility index (Phi) is 4.24. The summed E-state index contributed by atoms with van der Waals surface area (Å²) in [5.41, 5.74) is 2.73. The number of anilines is 2. The SMILES string of the molecule is CCC(=O)Nc1cccc(C(=O)/C=C2/C(=O)Nc3ccccc32)c1. The number of amides is 2. The molecule has 2 N–H and O–H groups in total. The lowest BCUT2D eigenvalue weighted by Crippen LogP contribution is -2.10. The highest BCUT2D eigenvalue weighted by molar-refractivity contribution is 6.35. The second-order valence-electron chi connectivity index (χ2n) is 5.40. The van der Waals surface area contributed by atoms with Crippen molar-refractivity contribution in [3.05, 3.63) is 65.7 Å². The second kappa shape index (κ2) is 6.50. The van der Waals surface area contributed by atoms with Crippen molar-refractivity contribution in [3.8, 4) is 0 Å². The average molecular weight is 320 g/mol. The summed E-state index contributed by atoms with van der Waals surface area (Å²) in [6, 6.07) is 13.9. The molecule has 1 aliphatic heterocycles. The number of hydrogen-bond donors (Lipinski definition) is 2. The number of nitrogens with one attached hydrogen (secondary N) is 2. The topological polar surface area (TPSA) is 75.3 Å². The fraction of sp³-hybridized carbons (Fsp3) is 0.105. The third-order valence-electron chi connectivity index (χ3n) is 3.74. The van der Waals surface area contributed by atoms with Gasteiger partial charge in [-0.1, -0.05) is 37.3 Å². The summed E-state index contributed by atoms with van der Waals surface area (Å²) < 4.78 is 0. The molecule has 0 aliphatic carbocycles. The molecule has 5 heteroatoms. The number of ketones is 1. The van der Waals surface area contributed by atoms with E-state index in [0.717, 1.165) is 0 Å². The minimum atomic E-state index is -0.292. The van der Waals surface area contributed by atoms with Crippen LogP contribution in [0, 0.1) is 0 Å². The smallest absolute Gasteiger partial charge is 0.256 e. The molecular weight excluding hydrogens is 304 g/mol. The molecular formula is C19H16N2O3. The number of para-hydroxylation sites is 1. The van der Waals surface area contributed by atoms with Crippen molar-refractivity contribution >= 4 is 34.5 Å². The van der Waals surface area contributed by atoms with Crippen LogP contribution in [0.15, 0.2) is 54.6 Å². The zero-order valence-electron chi connectivity index (χ0n) is 13.1. The molecule has 0 spiro atoms. The number of hydrogen-bond acceptors (Lipinski definition) is 3. The van der Waals surface area contributed by atoms with E-state index in [-0.39, 0.29) is 17.6 Å². The number of fused-ring (bicyclic) bond motifs is 1. The fourth-order valence-corrected chi connectivity index (χ4v) is 2.50. The molecule has 3 rings (SSSR count). The third-order valence-corrected chi connectivity index (χ3v) is 3.74. The summed E-state index contributed by atoms with van der Waals surface area (Å²) in [7, 11) is 0. The first-order valence-corrected chi connectivity index (χ1v) is 7.65. The fourth-order valence-electron chi connectivity index (χ4n) is 2.50. The molecule has 0 radical (unpaired) electrons. The van der Waals surface area contributed by atoms with Crippen LogP contribution in [-0.2, 0) is 9.59 Å². The molecule has 0 aromatic heterocycles. The summed E-state index contributed by atoms with van der Waals surface area (Å²) in [5, 5.41) is 5.45. The van der Waals surface area contributed by atoms with E-state index < -0.39 is 0 Å². The lowest BCUT2D eigenvalue weighted by atomic mass is 10.0. The van der Waals surface area contributed by atoms with Crippen molar-refractivity contribution in [3.63, 3.8) is 0 Å². The molecule has 120 valence electrons. The lowest BCUT2D eigenvalue weighted by molar-refractivity contribution is -0.116. The Morgan fingerprint density at radius 2 is 1.92 bits per heavy atom. The van der Waals surface area contributed by atoms with Gasteiger partial charge in [-0.15, -0.1) is 0 Å². The van der Waals surface area contributed by atoms with Gasteiger partial charge in [0, 0.05) is 28.9 Å². The van der Waals surface area contributed by atoms with Crippen molar-refractivity contribution in [2.45, 2.75) is 13.3 Å².